The molecule has 0 spiro atoms. The summed E-state index contributed by atoms with van der Waals surface area (Å²) in [6.45, 7) is 10.6. The van der Waals surface area contributed by atoms with E-state index < -0.39 is 0 Å². The standard InChI is InChI=1S/C12H25NOS/c1-5-14-8-12(9(2)3)13-11-6-7-15-10(11)4/h9-13H,5-8H2,1-4H3. The zero-order valence-electron chi connectivity index (χ0n) is 10.5. The number of thioether (sulfide) groups is 1. The van der Waals surface area contributed by atoms with Crippen molar-refractivity contribution < 1.29 is 4.74 Å². The van der Waals surface area contributed by atoms with E-state index in [1.54, 1.807) is 0 Å². The summed E-state index contributed by atoms with van der Waals surface area (Å²) in [6.07, 6.45) is 1.31. The van der Waals surface area contributed by atoms with Gasteiger partial charge in [0.2, 0.25) is 0 Å². The lowest BCUT2D eigenvalue weighted by Crippen LogP contribution is -2.46. The van der Waals surface area contributed by atoms with Gasteiger partial charge in [-0.3, -0.25) is 0 Å². The number of rotatable bonds is 6. The summed E-state index contributed by atoms with van der Waals surface area (Å²) < 4.78 is 5.53. The molecule has 3 atom stereocenters. The van der Waals surface area contributed by atoms with Crippen LogP contribution in [0.2, 0.25) is 0 Å². The first-order valence-electron chi connectivity index (χ1n) is 6.10. The van der Waals surface area contributed by atoms with Gasteiger partial charge in [0.25, 0.3) is 0 Å². The van der Waals surface area contributed by atoms with Crippen LogP contribution in [0.4, 0.5) is 0 Å². The van der Waals surface area contributed by atoms with Gasteiger partial charge in [-0.2, -0.15) is 11.8 Å². The Morgan fingerprint density at radius 1 is 1.47 bits per heavy atom. The fourth-order valence-electron chi connectivity index (χ4n) is 1.90. The molecule has 1 rings (SSSR count). The van der Waals surface area contributed by atoms with Crippen molar-refractivity contribution in [2.75, 3.05) is 19.0 Å². The topological polar surface area (TPSA) is 21.3 Å². The second-order valence-corrected chi connectivity index (χ2v) is 6.13. The number of hydrogen-bond acceptors (Lipinski definition) is 3. The van der Waals surface area contributed by atoms with Crippen LogP contribution in [0.25, 0.3) is 0 Å². The Hall–Kier alpha value is 0.270. The summed E-state index contributed by atoms with van der Waals surface area (Å²) in [4.78, 5) is 0. The van der Waals surface area contributed by atoms with Crippen molar-refractivity contribution in [3.05, 3.63) is 0 Å². The molecule has 1 aliphatic rings. The molecule has 1 heterocycles. The molecule has 15 heavy (non-hydrogen) atoms. The van der Waals surface area contributed by atoms with Crippen LogP contribution >= 0.6 is 11.8 Å². The molecule has 2 nitrogen and oxygen atoms in total. The smallest absolute Gasteiger partial charge is 0.0622 e. The van der Waals surface area contributed by atoms with Crippen LogP contribution in [0.5, 0.6) is 0 Å². The molecule has 1 saturated heterocycles. The Kier molecular flexibility index (Phi) is 6.02. The van der Waals surface area contributed by atoms with Gasteiger partial charge in [-0.25, -0.2) is 0 Å². The predicted octanol–water partition coefficient (Wildman–Crippen LogP) is 2.53. The highest BCUT2D eigenvalue weighted by molar-refractivity contribution is 8.00. The monoisotopic (exact) mass is 231 g/mol. The molecule has 0 aromatic carbocycles. The van der Waals surface area contributed by atoms with E-state index >= 15 is 0 Å². The lowest BCUT2D eigenvalue weighted by molar-refractivity contribution is 0.103. The third-order valence-corrected chi connectivity index (χ3v) is 4.44. The minimum absolute atomic E-state index is 0.510. The molecule has 0 saturated carbocycles. The Labute approximate surface area is 98.5 Å². The normalized spacial score (nSPS) is 28.6. The number of hydrogen-bond donors (Lipinski definition) is 1. The molecular weight excluding hydrogens is 206 g/mol. The highest BCUT2D eigenvalue weighted by atomic mass is 32.2. The van der Waals surface area contributed by atoms with E-state index in [1.165, 1.54) is 12.2 Å². The van der Waals surface area contributed by atoms with Crippen LogP contribution in [-0.4, -0.2) is 36.3 Å². The van der Waals surface area contributed by atoms with E-state index in [2.05, 4.69) is 44.8 Å². The zero-order valence-corrected chi connectivity index (χ0v) is 11.3. The Morgan fingerprint density at radius 3 is 2.67 bits per heavy atom. The van der Waals surface area contributed by atoms with Crippen LogP contribution in [0, 0.1) is 5.92 Å². The SMILES string of the molecule is CCOCC(NC1CCSC1C)C(C)C. The molecule has 0 aromatic rings. The van der Waals surface area contributed by atoms with Crippen molar-refractivity contribution in [3.8, 4) is 0 Å². The Bertz CT molecular complexity index is 175. The van der Waals surface area contributed by atoms with Crippen molar-refractivity contribution >= 4 is 11.8 Å². The molecule has 0 aromatic heterocycles. The summed E-state index contributed by atoms with van der Waals surface area (Å²) in [7, 11) is 0. The van der Waals surface area contributed by atoms with Gasteiger partial charge in [-0.15, -0.1) is 0 Å². The van der Waals surface area contributed by atoms with Gasteiger partial charge >= 0.3 is 0 Å². The van der Waals surface area contributed by atoms with E-state index in [1.807, 2.05) is 0 Å². The van der Waals surface area contributed by atoms with E-state index in [9.17, 15) is 0 Å². The fourth-order valence-corrected chi connectivity index (χ4v) is 3.11. The third-order valence-electron chi connectivity index (χ3n) is 3.11. The lowest BCUT2D eigenvalue weighted by atomic mass is 10.0. The molecular formula is C12H25NOS. The average Bonchev–Trinajstić information content (AvgIpc) is 2.58. The maximum absolute atomic E-state index is 5.53. The van der Waals surface area contributed by atoms with Crippen LogP contribution in [0.3, 0.4) is 0 Å². The Balaban J connectivity index is 2.35. The van der Waals surface area contributed by atoms with E-state index in [4.69, 9.17) is 4.74 Å². The second-order valence-electron chi connectivity index (χ2n) is 4.65. The summed E-state index contributed by atoms with van der Waals surface area (Å²) in [5.41, 5.74) is 0. The molecule has 90 valence electrons. The molecule has 0 amide bonds. The summed E-state index contributed by atoms with van der Waals surface area (Å²) in [5, 5.41) is 4.51. The van der Waals surface area contributed by atoms with E-state index in [-0.39, 0.29) is 0 Å². The molecule has 1 N–H and O–H groups in total. The van der Waals surface area contributed by atoms with Crippen molar-refractivity contribution in [1.29, 1.82) is 0 Å². The van der Waals surface area contributed by atoms with Crippen LogP contribution in [0.1, 0.15) is 34.1 Å². The van der Waals surface area contributed by atoms with Crippen LogP contribution < -0.4 is 5.32 Å². The molecule has 1 aliphatic heterocycles. The second kappa shape index (κ2) is 6.77. The van der Waals surface area contributed by atoms with E-state index in [0.29, 0.717) is 18.0 Å². The predicted molar refractivity (Wildman–Crippen MR) is 68.6 cm³/mol. The summed E-state index contributed by atoms with van der Waals surface area (Å²) in [6, 6.07) is 1.19. The van der Waals surface area contributed by atoms with Gasteiger partial charge in [0.1, 0.15) is 0 Å². The zero-order chi connectivity index (χ0) is 11.3. The van der Waals surface area contributed by atoms with Gasteiger partial charge in [-0.1, -0.05) is 20.8 Å². The van der Waals surface area contributed by atoms with Gasteiger partial charge in [0.05, 0.1) is 6.61 Å². The summed E-state index contributed by atoms with van der Waals surface area (Å²) in [5.74, 6) is 1.95. The molecule has 3 heteroatoms. The van der Waals surface area contributed by atoms with Crippen molar-refractivity contribution in [1.82, 2.24) is 5.32 Å². The summed E-state index contributed by atoms with van der Waals surface area (Å²) >= 11 is 2.08. The minimum atomic E-state index is 0.510. The first kappa shape index (κ1) is 13.3. The molecule has 3 unspecified atom stereocenters. The van der Waals surface area contributed by atoms with Gasteiger partial charge in [0.15, 0.2) is 0 Å². The number of ether oxygens (including phenoxy) is 1. The highest BCUT2D eigenvalue weighted by Crippen LogP contribution is 2.26. The van der Waals surface area contributed by atoms with Gasteiger partial charge in [0, 0.05) is 23.9 Å². The molecule has 1 fully saturated rings. The van der Waals surface area contributed by atoms with Crippen molar-refractivity contribution in [2.45, 2.75) is 51.4 Å². The third kappa shape index (κ3) is 4.33. The maximum atomic E-state index is 5.53. The lowest BCUT2D eigenvalue weighted by Gasteiger charge is -2.27. The van der Waals surface area contributed by atoms with E-state index in [0.717, 1.165) is 18.5 Å². The van der Waals surface area contributed by atoms with Crippen LogP contribution in [-0.2, 0) is 4.74 Å². The number of nitrogens with one attached hydrogen (secondary N) is 1. The molecule has 0 aliphatic carbocycles. The maximum Gasteiger partial charge on any atom is 0.0622 e. The largest absolute Gasteiger partial charge is 0.380 e. The van der Waals surface area contributed by atoms with Gasteiger partial charge in [-0.05, 0) is 25.0 Å². The van der Waals surface area contributed by atoms with Crippen LogP contribution in [0.15, 0.2) is 0 Å². The minimum Gasteiger partial charge on any atom is -0.380 e. The average molecular weight is 231 g/mol. The molecule has 0 radical (unpaired) electrons. The quantitative estimate of drug-likeness (QED) is 0.759. The van der Waals surface area contributed by atoms with Gasteiger partial charge < -0.3 is 10.1 Å². The first-order valence-corrected chi connectivity index (χ1v) is 7.15. The molecule has 0 bridgehead atoms. The Morgan fingerprint density at radius 2 is 2.20 bits per heavy atom. The van der Waals surface area contributed by atoms with Crippen molar-refractivity contribution in [2.24, 2.45) is 5.92 Å². The highest BCUT2D eigenvalue weighted by Gasteiger charge is 2.27. The fraction of sp³-hybridized carbons (Fsp3) is 1.00. The van der Waals surface area contributed by atoms with Crippen molar-refractivity contribution in [3.63, 3.8) is 0 Å². The first-order chi connectivity index (χ1) is 7.15.